The Labute approximate surface area is 212 Å². The molecular weight excluding hydrogens is 438 g/mol. The predicted molar refractivity (Wildman–Crippen MR) is 148 cm³/mol. The van der Waals surface area contributed by atoms with Crippen LogP contribution in [0.5, 0.6) is 0 Å². The minimum atomic E-state index is -0.408. The maximum absolute atomic E-state index is 9.10. The van der Waals surface area contributed by atoms with Gasteiger partial charge in [0.1, 0.15) is 11.2 Å². The molecule has 0 radical (unpaired) electrons. The van der Waals surface area contributed by atoms with Crippen LogP contribution in [0.3, 0.4) is 0 Å². The molecule has 3 aliphatic carbocycles. The molecular formula is C34H27NO. The van der Waals surface area contributed by atoms with Crippen molar-refractivity contribution in [3.8, 4) is 22.4 Å². The molecule has 3 aliphatic rings. The Morgan fingerprint density at radius 1 is 0.667 bits per heavy atom. The Balaban J connectivity index is 1.19. The number of para-hydroxylation sites is 1. The van der Waals surface area contributed by atoms with Gasteiger partial charge >= 0.3 is 0 Å². The van der Waals surface area contributed by atoms with Crippen molar-refractivity contribution in [1.29, 1.82) is 0 Å². The number of rotatable bonds is 3. The molecule has 2 nitrogen and oxygen atoms in total. The van der Waals surface area contributed by atoms with Crippen molar-refractivity contribution in [3.05, 3.63) is 103 Å². The fraction of sp³-hybridized carbons (Fsp3) is 0.206. The quantitative estimate of drug-likeness (QED) is 0.260. The molecule has 0 saturated heterocycles. The molecule has 6 aromatic rings. The van der Waals surface area contributed by atoms with Gasteiger partial charge in [-0.05, 0) is 89.8 Å². The molecule has 0 spiro atoms. The van der Waals surface area contributed by atoms with Crippen LogP contribution in [0.2, 0.25) is 0 Å². The number of hydrogen-bond donors (Lipinski definition) is 0. The summed E-state index contributed by atoms with van der Waals surface area (Å²) < 4.78 is 15.6. The van der Waals surface area contributed by atoms with Crippen molar-refractivity contribution in [3.63, 3.8) is 0 Å². The van der Waals surface area contributed by atoms with Gasteiger partial charge in [-0.1, -0.05) is 66.7 Å². The van der Waals surface area contributed by atoms with Gasteiger partial charge in [-0.15, -0.1) is 0 Å². The third-order valence-electron chi connectivity index (χ3n) is 8.45. The lowest BCUT2D eigenvalue weighted by Crippen LogP contribution is -2.32. The Morgan fingerprint density at radius 3 is 2.31 bits per heavy atom. The molecule has 3 fully saturated rings. The third kappa shape index (κ3) is 3.14. The lowest BCUT2D eigenvalue weighted by atomic mass is 9.60. The van der Waals surface area contributed by atoms with Gasteiger partial charge in [0.25, 0.3) is 0 Å². The molecule has 2 heterocycles. The number of nitrogens with zero attached hydrogens (tertiary/aromatic N) is 1. The van der Waals surface area contributed by atoms with Crippen molar-refractivity contribution in [1.82, 2.24) is 4.98 Å². The van der Waals surface area contributed by atoms with Gasteiger partial charge < -0.3 is 4.42 Å². The number of fused-ring (bicyclic) bond motifs is 7. The summed E-state index contributed by atoms with van der Waals surface area (Å²) >= 11 is 0. The number of furan rings is 1. The first-order chi connectivity index (χ1) is 18.1. The standard InChI is InChI=1S/C34H27NO/c1-2-5-28-25(4-1)12-13-30-29-6-3-7-31(34(29)36-33(28)30)32-20-26(14-15-35-32)23-8-10-24(11-9-23)27-18-21-16-22(17-21)19-27/h1-15,20-22,27H,16-19H2/i27D. The van der Waals surface area contributed by atoms with Crippen LogP contribution < -0.4 is 0 Å². The van der Waals surface area contributed by atoms with Gasteiger partial charge in [0.05, 0.1) is 5.69 Å². The summed E-state index contributed by atoms with van der Waals surface area (Å²) in [5, 5.41) is 4.55. The fourth-order valence-electron chi connectivity index (χ4n) is 6.61. The van der Waals surface area contributed by atoms with E-state index in [1.807, 2.05) is 6.20 Å². The van der Waals surface area contributed by atoms with E-state index < -0.39 is 5.89 Å². The van der Waals surface area contributed by atoms with Crippen LogP contribution in [-0.4, -0.2) is 4.98 Å². The second-order valence-electron chi connectivity index (χ2n) is 10.7. The van der Waals surface area contributed by atoms with E-state index in [0.717, 1.165) is 74.4 Å². The number of aromatic nitrogens is 1. The molecule has 2 heteroatoms. The van der Waals surface area contributed by atoms with E-state index >= 15 is 0 Å². The Hall–Kier alpha value is -3.91. The third-order valence-corrected chi connectivity index (χ3v) is 8.45. The average Bonchev–Trinajstić information content (AvgIpc) is 3.32. The fourth-order valence-corrected chi connectivity index (χ4v) is 6.61. The van der Waals surface area contributed by atoms with E-state index in [-0.39, 0.29) is 0 Å². The summed E-state index contributed by atoms with van der Waals surface area (Å²) in [5.74, 6) is 1.12. The molecule has 4 aromatic carbocycles. The van der Waals surface area contributed by atoms with Gasteiger partial charge in [0.15, 0.2) is 0 Å². The zero-order valence-electron chi connectivity index (χ0n) is 21.1. The van der Waals surface area contributed by atoms with E-state index in [0.29, 0.717) is 0 Å². The molecule has 174 valence electrons. The normalized spacial score (nSPS) is 23.6. The lowest BCUT2D eigenvalue weighted by molar-refractivity contribution is 0.0966. The van der Waals surface area contributed by atoms with Gasteiger partial charge in [0.2, 0.25) is 0 Å². The van der Waals surface area contributed by atoms with Crippen molar-refractivity contribution in [2.75, 3.05) is 0 Å². The zero-order chi connectivity index (χ0) is 24.6. The molecule has 0 atom stereocenters. The molecule has 2 aromatic heterocycles. The molecule has 2 bridgehead atoms. The van der Waals surface area contributed by atoms with Gasteiger partial charge in [-0.25, -0.2) is 0 Å². The topological polar surface area (TPSA) is 26.0 Å². The van der Waals surface area contributed by atoms with Gasteiger partial charge in [-0.3, -0.25) is 4.98 Å². The summed E-state index contributed by atoms with van der Waals surface area (Å²) in [6.45, 7) is 0. The SMILES string of the molecule is [2H]C1(c2ccc(-c3ccnc(-c4cccc5c4oc4c6ccccc6ccc54)c3)cc2)CC2CC(C2)C1. The molecule has 0 N–H and O–H groups in total. The first-order valence-electron chi connectivity index (χ1n) is 13.5. The highest BCUT2D eigenvalue weighted by Gasteiger charge is 2.38. The number of benzene rings is 4. The second kappa shape index (κ2) is 7.80. The monoisotopic (exact) mass is 466 g/mol. The molecule has 36 heavy (non-hydrogen) atoms. The van der Waals surface area contributed by atoms with E-state index in [2.05, 4.69) is 91.0 Å². The zero-order valence-corrected chi connectivity index (χ0v) is 20.1. The summed E-state index contributed by atoms with van der Waals surface area (Å²) in [5.41, 5.74) is 7.15. The van der Waals surface area contributed by atoms with Crippen LogP contribution in [-0.2, 0) is 0 Å². The number of pyridine rings is 1. The molecule has 0 aliphatic heterocycles. The van der Waals surface area contributed by atoms with Crippen LogP contribution in [0.4, 0.5) is 0 Å². The lowest BCUT2D eigenvalue weighted by Gasteiger charge is -2.45. The van der Waals surface area contributed by atoms with E-state index in [4.69, 9.17) is 10.8 Å². The summed E-state index contributed by atoms with van der Waals surface area (Å²) in [7, 11) is 0. The Kier molecular flexibility index (Phi) is 4.18. The average molecular weight is 467 g/mol. The van der Waals surface area contributed by atoms with Gasteiger partial charge in [-0.2, -0.15) is 0 Å². The van der Waals surface area contributed by atoms with Crippen molar-refractivity contribution in [2.24, 2.45) is 11.8 Å². The molecule has 3 saturated carbocycles. The largest absolute Gasteiger partial charge is 0.455 e. The van der Waals surface area contributed by atoms with Gasteiger partial charge in [0, 0.05) is 29.3 Å². The first kappa shape index (κ1) is 19.3. The molecule has 0 amide bonds. The summed E-state index contributed by atoms with van der Waals surface area (Å²) in [4.78, 5) is 4.74. The highest BCUT2D eigenvalue weighted by molar-refractivity contribution is 6.17. The van der Waals surface area contributed by atoms with E-state index in [9.17, 15) is 0 Å². The van der Waals surface area contributed by atoms with Crippen molar-refractivity contribution < 1.29 is 5.79 Å². The van der Waals surface area contributed by atoms with Crippen molar-refractivity contribution in [2.45, 2.75) is 31.6 Å². The van der Waals surface area contributed by atoms with E-state index in [1.165, 1.54) is 23.8 Å². The Bertz CT molecular complexity index is 1800. The van der Waals surface area contributed by atoms with Crippen LogP contribution in [0.1, 0.15) is 38.5 Å². The highest BCUT2D eigenvalue weighted by atomic mass is 16.3. The summed E-state index contributed by atoms with van der Waals surface area (Å²) in [6.07, 6.45) is 6.59. The second-order valence-corrected chi connectivity index (χ2v) is 10.7. The van der Waals surface area contributed by atoms with Crippen LogP contribution in [0.25, 0.3) is 55.1 Å². The molecule has 9 rings (SSSR count). The van der Waals surface area contributed by atoms with Crippen LogP contribution >= 0.6 is 0 Å². The number of hydrogen-bond acceptors (Lipinski definition) is 2. The maximum atomic E-state index is 9.10. The predicted octanol–water partition coefficient (Wildman–Crippen LogP) is 9.37. The summed E-state index contributed by atoms with van der Waals surface area (Å²) in [6, 6.07) is 32.0. The van der Waals surface area contributed by atoms with Crippen molar-refractivity contribution >= 4 is 32.7 Å². The maximum Gasteiger partial charge on any atom is 0.144 e. The highest BCUT2D eigenvalue weighted by Crippen LogP contribution is 2.51. The smallest absolute Gasteiger partial charge is 0.144 e. The molecule has 0 unspecified atom stereocenters. The minimum Gasteiger partial charge on any atom is -0.455 e. The van der Waals surface area contributed by atoms with Crippen LogP contribution in [0, 0.1) is 11.8 Å². The van der Waals surface area contributed by atoms with E-state index in [1.54, 1.807) is 0 Å². The minimum absolute atomic E-state index is 0.408. The Morgan fingerprint density at radius 2 is 1.44 bits per heavy atom. The first-order valence-corrected chi connectivity index (χ1v) is 13.0. The van der Waals surface area contributed by atoms with Crippen LogP contribution in [0.15, 0.2) is 102 Å².